The van der Waals surface area contributed by atoms with E-state index >= 15 is 0 Å². The minimum Gasteiger partial charge on any atom is -0.310 e. The minimum absolute atomic E-state index is 0.836. The van der Waals surface area contributed by atoms with Crippen molar-refractivity contribution in [2.45, 2.75) is 0 Å². The fraction of sp³-hybridized carbons (Fsp3) is 0. The van der Waals surface area contributed by atoms with Crippen LogP contribution in [0.25, 0.3) is 93.6 Å². The van der Waals surface area contributed by atoms with Crippen LogP contribution >= 0.6 is 0 Å². The zero-order valence-corrected chi connectivity index (χ0v) is 33.7. The molecule has 10 aromatic carbocycles. The Morgan fingerprint density at radius 3 is 1.63 bits per heavy atom. The van der Waals surface area contributed by atoms with Gasteiger partial charge in [0, 0.05) is 49.7 Å². The summed E-state index contributed by atoms with van der Waals surface area (Å²) in [5.41, 5.74) is 15.0. The second-order valence-corrected chi connectivity index (χ2v) is 15.7. The summed E-state index contributed by atoms with van der Waals surface area (Å²) in [5, 5.41) is 7.07. The molecule has 2 heterocycles. The van der Waals surface area contributed by atoms with Crippen molar-refractivity contribution in [1.82, 2.24) is 14.5 Å². The number of aromatic nitrogens is 3. The number of rotatable bonds is 7. The summed E-state index contributed by atoms with van der Waals surface area (Å²) in [4.78, 5) is 12.9. The van der Waals surface area contributed by atoms with Crippen LogP contribution in [0.4, 0.5) is 17.1 Å². The maximum Gasteiger partial charge on any atom is 0.0979 e. The second kappa shape index (κ2) is 14.7. The summed E-state index contributed by atoms with van der Waals surface area (Å²) in [7, 11) is 0. The van der Waals surface area contributed by atoms with E-state index in [1.165, 1.54) is 38.1 Å². The molecule has 2 aromatic heterocycles. The molecule has 0 fully saturated rings. The molecule has 0 atom stereocenters. The van der Waals surface area contributed by atoms with E-state index in [0.29, 0.717) is 0 Å². The Kier molecular flexibility index (Phi) is 8.46. The number of hydrogen-bond donors (Lipinski definition) is 0. The molecule has 0 saturated carbocycles. The predicted octanol–water partition coefficient (Wildman–Crippen LogP) is 15.5. The largest absolute Gasteiger partial charge is 0.310 e. The van der Waals surface area contributed by atoms with Crippen LogP contribution in [0.5, 0.6) is 0 Å². The van der Waals surface area contributed by atoms with Crippen molar-refractivity contribution in [3.05, 3.63) is 231 Å². The van der Waals surface area contributed by atoms with Gasteiger partial charge in [-0.25, -0.2) is 4.98 Å². The monoisotopic (exact) mass is 790 g/mol. The molecule has 0 radical (unpaired) electrons. The molecule has 0 aliphatic rings. The lowest BCUT2D eigenvalue weighted by Crippen LogP contribution is -2.11. The molecule has 0 N–H and O–H groups in total. The highest BCUT2D eigenvalue weighted by atomic mass is 15.1. The van der Waals surface area contributed by atoms with Gasteiger partial charge in [0.05, 0.1) is 39.6 Å². The number of hydrogen-bond acceptors (Lipinski definition) is 3. The van der Waals surface area contributed by atoms with Gasteiger partial charge in [-0.05, 0) is 88.1 Å². The fourth-order valence-corrected chi connectivity index (χ4v) is 9.41. The number of fused-ring (bicyclic) bond motifs is 9. The van der Waals surface area contributed by atoms with E-state index < -0.39 is 0 Å². The Hall–Kier alpha value is -8.34. The Morgan fingerprint density at radius 2 is 0.887 bits per heavy atom. The molecule has 0 amide bonds. The van der Waals surface area contributed by atoms with Gasteiger partial charge in [-0.1, -0.05) is 164 Å². The maximum absolute atomic E-state index is 5.41. The van der Waals surface area contributed by atoms with Crippen molar-refractivity contribution in [2.75, 3.05) is 4.90 Å². The van der Waals surface area contributed by atoms with Crippen molar-refractivity contribution in [2.24, 2.45) is 0 Å². The molecule has 290 valence electrons. The summed E-state index contributed by atoms with van der Waals surface area (Å²) in [6.07, 6.45) is 1.94. The van der Waals surface area contributed by atoms with Crippen LogP contribution in [0, 0.1) is 0 Å². The average Bonchev–Trinajstić information content (AvgIpc) is 3.69. The molecule has 0 aliphatic heterocycles. The quantitative estimate of drug-likeness (QED) is 0.151. The molecule has 4 heteroatoms. The van der Waals surface area contributed by atoms with Gasteiger partial charge < -0.3 is 9.47 Å². The number of para-hydroxylation sites is 4. The van der Waals surface area contributed by atoms with Crippen molar-refractivity contribution < 1.29 is 0 Å². The first kappa shape index (κ1) is 35.6. The van der Waals surface area contributed by atoms with Crippen molar-refractivity contribution >= 4 is 71.4 Å². The lowest BCUT2D eigenvalue weighted by Gasteiger charge is -2.28. The van der Waals surface area contributed by atoms with Gasteiger partial charge in [0.25, 0.3) is 0 Å². The Morgan fingerprint density at radius 1 is 0.355 bits per heavy atom. The average molecular weight is 791 g/mol. The maximum atomic E-state index is 5.41. The van der Waals surface area contributed by atoms with Crippen LogP contribution in [0.1, 0.15) is 0 Å². The molecule has 4 nitrogen and oxygen atoms in total. The molecule has 0 aliphatic carbocycles. The van der Waals surface area contributed by atoms with E-state index in [0.717, 1.165) is 72.5 Å². The fourth-order valence-electron chi connectivity index (χ4n) is 9.41. The Bertz CT molecular complexity index is 3590. The number of benzene rings is 10. The normalized spacial score (nSPS) is 11.5. The van der Waals surface area contributed by atoms with Gasteiger partial charge in [0.1, 0.15) is 0 Å². The molecule has 62 heavy (non-hydrogen) atoms. The smallest absolute Gasteiger partial charge is 0.0979 e. The van der Waals surface area contributed by atoms with Gasteiger partial charge in [0.15, 0.2) is 0 Å². The molecule has 12 rings (SSSR count). The highest BCUT2D eigenvalue weighted by molar-refractivity contribution is 6.23. The van der Waals surface area contributed by atoms with E-state index in [1.807, 2.05) is 6.20 Å². The first-order valence-electron chi connectivity index (χ1n) is 21.1. The second-order valence-electron chi connectivity index (χ2n) is 15.7. The lowest BCUT2D eigenvalue weighted by molar-refractivity contribution is 1.18. The third-order valence-corrected chi connectivity index (χ3v) is 12.2. The van der Waals surface area contributed by atoms with Crippen molar-refractivity contribution in [3.8, 4) is 39.2 Å². The van der Waals surface area contributed by atoms with Gasteiger partial charge in [-0.2, -0.15) is 0 Å². The van der Waals surface area contributed by atoms with Crippen LogP contribution in [0.15, 0.2) is 231 Å². The summed E-state index contributed by atoms with van der Waals surface area (Å²) >= 11 is 0. The lowest BCUT2D eigenvalue weighted by atomic mass is 9.95. The van der Waals surface area contributed by atoms with Crippen LogP contribution in [-0.4, -0.2) is 14.5 Å². The van der Waals surface area contributed by atoms with Crippen LogP contribution in [-0.2, 0) is 0 Å². The first-order valence-corrected chi connectivity index (χ1v) is 21.1. The third-order valence-electron chi connectivity index (χ3n) is 12.2. The van der Waals surface area contributed by atoms with Gasteiger partial charge >= 0.3 is 0 Å². The zero-order valence-electron chi connectivity index (χ0n) is 33.7. The van der Waals surface area contributed by atoms with Crippen LogP contribution in [0.3, 0.4) is 0 Å². The SMILES string of the molecule is c1ccc(N(c2ccc(-c3ccc4c(c3)c3ccccc3n4-c3ccccc3)cc2)c2ccccc2-c2ccccc2-c2cnc3c4ccccc4c4ccccc4c3n2)cc1. The molecule has 0 unspecified atom stereocenters. The number of nitrogens with zero attached hydrogens (tertiary/aromatic N) is 4. The van der Waals surface area contributed by atoms with Gasteiger partial charge in [-0.15, -0.1) is 0 Å². The summed E-state index contributed by atoms with van der Waals surface area (Å²) in [5.74, 6) is 0. The molecular formula is C58H38N4. The zero-order chi connectivity index (χ0) is 41.0. The molecule has 12 aromatic rings. The van der Waals surface area contributed by atoms with E-state index in [4.69, 9.17) is 9.97 Å². The van der Waals surface area contributed by atoms with Crippen molar-refractivity contribution in [1.29, 1.82) is 0 Å². The standard InChI is InChI=1S/C58H38N4/c1-3-17-41(18-4-1)61(43-34-31-39(32-35-43)40-33-36-56-52(37-40)49-26-14-16-30-55(49)62(56)42-19-5-2-6-20-42)54-29-15-13-25-48(54)46-23-7-10-24-47(46)53-38-59-57-50-27-11-8-21-44(50)45-22-9-12-28-51(45)58(57)60-53/h1-38H. The molecular weight excluding hydrogens is 753 g/mol. The third kappa shape index (κ3) is 5.84. The molecule has 0 bridgehead atoms. The summed E-state index contributed by atoms with van der Waals surface area (Å²) in [6.45, 7) is 0. The summed E-state index contributed by atoms with van der Waals surface area (Å²) < 4.78 is 2.36. The highest BCUT2D eigenvalue weighted by Gasteiger charge is 2.21. The Balaban J connectivity index is 0.970. The molecule has 0 spiro atoms. The van der Waals surface area contributed by atoms with Crippen LogP contribution < -0.4 is 4.90 Å². The van der Waals surface area contributed by atoms with Gasteiger partial charge in [0.2, 0.25) is 0 Å². The topological polar surface area (TPSA) is 34.0 Å². The van der Waals surface area contributed by atoms with Crippen molar-refractivity contribution in [3.63, 3.8) is 0 Å². The summed E-state index contributed by atoms with van der Waals surface area (Å²) in [6, 6.07) is 80.1. The molecule has 0 saturated heterocycles. The minimum atomic E-state index is 0.836. The van der Waals surface area contributed by atoms with E-state index in [2.05, 4.69) is 234 Å². The predicted molar refractivity (Wildman–Crippen MR) is 260 cm³/mol. The van der Waals surface area contributed by atoms with Gasteiger partial charge in [-0.3, -0.25) is 4.98 Å². The van der Waals surface area contributed by atoms with E-state index in [1.54, 1.807) is 0 Å². The van der Waals surface area contributed by atoms with Crippen LogP contribution in [0.2, 0.25) is 0 Å². The highest BCUT2D eigenvalue weighted by Crippen LogP contribution is 2.44. The Labute approximate surface area is 359 Å². The van der Waals surface area contributed by atoms with E-state index in [9.17, 15) is 0 Å². The first-order chi connectivity index (χ1) is 30.8. The van der Waals surface area contributed by atoms with E-state index in [-0.39, 0.29) is 0 Å². The number of anilines is 3.